The van der Waals surface area contributed by atoms with E-state index in [-0.39, 0.29) is 0 Å². The molecule has 0 bridgehead atoms. The lowest BCUT2D eigenvalue weighted by molar-refractivity contribution is 0.398. The van der Waals surface area contributed by atoms with E-state index in [4.69, 9.17) is 9.47 Å². The van der Waals surface area contributed by atoms with Crippen molar-refractivity contribution in [3.63, 3.8) is 0 Å². The zero-order valence-corrected chi connectivity index (χ0v) is 9.31. The molecule has 0 amide bonds. The molecule has 0 saturated carbocycles. The third-order valence-electron chi connectivity index (χ3n) is 2.36. The van der Waals surface area contributed by atoms with Crippen LogP contribution in [-0.2, 0) is 0 Å². The van der Waals surface area contributed by atoms with Gasteiger partial charge in [0.15, 0.2) is 0 Å². The van der Waals surface area contributed by atoms with Gasteiger partial charge in [0, 0.05) is 17.8 Å². The topological polar surface area (TPSA) is 31.4 Å². The maximum atomic E-state index is 5.31. The summed E-state index contributed by atoms with van der Waals surface area (Å²) in [4.78, 5) is 4.08. The summed E-state index contributed by atoms with van der Waals surface area (Å²) in [5.74, 6) is 1.44. The smallest absolute Gasteiger partial charge is 0.213 e. The summed E-state index contributed by atoms with van der Waals surface area (Å²) >= 11 is 0. The van der Waals surface area contributed by atoms with Crippen LogP contribution in [0.2, 0.25) is 0 Å². The van der Waals surface area contributed by atoms with Crippen molar-refractivity contribution < 1.29 is 9.47 Å². The first-order chi connectivity index (χ1) is 7.85. The molecule has 82 valence electrons. The first kappa shape index (κ1) is 10.5. The molecule has 0 N–H and O–H groups in total. The maximum absolute atomic E-state index is 5.31. The number of ether oxygens (including phenoxy) is 2. The van der Waals surface area contributed by atoms with Crippen LogP contribution in [-0.4, -0.2) is 19.2 Å². The van der Waals surface area contributed by atoms with E-state index in [2.05, 4.69) is 4.98 Å². The average Bonchev–Trinajstić information content (AvgIpc) is 2.38. The summed E-state index contributed by atoms with van der Waals surface area (Å²) in [6, 6.07) is 11.7. The standard InChI is InChI=1S/C13H13NO2/c1-15-12-6-4-3-5-11(12)10-7-8-14-13(9-10)16-2/h3-9H,1-2H3. The Morgan fingerprint density at radius 3 is 2.56 bits per heavy atom. The van der Waals surface area contributed by atoms with Gasteiger partial charge < -0.3 is 9.47 Å². The van der Waals surface area contributed by atoms with E-state index in [9.17, 15) is 0 Å². The Kier molecular flexibility index (Phi) is 3.05. The second kappa shape index (κ2) is 4.66. The fourth-order valence-electron chi connectivity index (χ4n) is 1.57. The highest BCUT2D eigenvalue weighted by molar-refractivity contribution is 5.70. The molecule has 1 heterocycles. The number of rotatable bonds is 3. The molecule has 0 aliphatic heterocycles. The minimum atomic E-state index is 0.600. The first-order valence-corrected chi connectivity index (χ1v) is 4.98. The fraction of sp³-hybridized carbons (Fsp3) is 0.154. The van der Waals surface area contributed by atoms with Gasteiger partial charge in [-0.3, -0.25) is 0 Å². The summed E-state index contributed by atoms with van der Waals surface area (Å²) in [6.07, 6.45) is 1.72. The van der Waals surface area contributed by atoms with Crippen molar-refractivity contribution in [1.29, 1.82) is 0 Å². The lowest BCUT2D eigenvalue weighted by Crippen LogP contribution is -1.90. The Bertz CT molecular complexity index is 483. The third kappa shape index (κ3) is 1.98. The monoisotopic (exact) mass is 215 g/mol. The molecule has 3 nitrogen and oxygen atoms in total. The van der Waals surface area contributed by atoms with E-state index in [1.54, 1.807) is 20.4 Å². The number of nitrogens with zero attached hydrogens (tertiary/aromatic N) is 1. The minimum absolute atomic E-state index is 0.600. The van der Waals surface area contributed by atoms with Gasteiger partial charge in [-0.1, -0.05) is 18.2 Å². The first-order valence-electron chi connectivity index (χ1n) is 4.98. The zero-order chi connectivity index (χ0) is 11.4. The van der Waals surface area contributed by atoms with Crippen LogP contribution >= 0.6 is 0 Å². The highest BCUT2D eigenvalue weighted by Crippen LogP contribution is 2.30. The highest BCUT2D eigenvalue weighted by atomic mass is 16.5. The third-order valence-corrected chi connectivity index (χ3v) is 2.36. The van der Waals surface area contributed by atoms with Gasteiger partial charge in [-0.2, -0.15) is 0 Å². The Labute approximate surface area is 94.7 Å². The van der Waals surface area contributed by atoms with Crippen molar-refractivity contribution in [1.82, 2.24) is 4.98 Å². The molecular weight excluding hydrogens is 202 g/mol. The Hall–Kier alpha value is -2.03. The van der Waals surface area contributed by atoms with Gasteiger partial charge in [-0.25, -0.2) is 4.98 Å². The van der Waals surface area contributed by atoms with Crippen LogP contribution in [0.3, 0.4) is 0 Å². The lowest BCUT2D eigenvalue weighted by atomic mass is 10.1. The molecule has 0 aliphatic rings. The van der Waals surface area contributed by atoms with Gasteiger partial charge in [0.1, 0.15) is 5.75 Å². The van der Waals surface area contributed by atoms with Crippen LogP contribution in [0.4, 0.5) is 0 Å². The molecule has 0 radical (unpaired) electrons. The van der Waals surface area contributed by atoms with Crippen molar-refractivity contribution in [2.75, 3.05) is 14.2 Å². The number of hydrogen-bond donors (Lipinski definition) is 0. The number of para-hydroxylation sites is 1. The quantitative estimate of drug-likeness (QED) is 0.788. The van der Waals surface area contributed by atoms with E-state index in [0.717, 1.165) is 16.9 Å². The molecular formula is C13H13NO2. The van der Waals surface area contributed by atoms with Crippen LogP contribution in [0.1, 0.15) is 0 Å². The van der Waals surface area contributed by atoms with Gasteiger partial charge in [0.25, 0.3) is 0 Å². The predicted octanol–water partition coefficient (Wildman–Crippen LogP) is 2.77. The molecule has 0 spiro atoms. The molecule has 0 fully saturated rings. The summed E-state index contributed by atoms with van der Waals surface area (Å²) in [5.41, 5.74) is 2.06. The van der Waals surface area contributed by atoms with E-state index >= 15 is 0 Å². The van der Waals surface area contributed by atoms with Crippen molar-refractivity contribution in [3.05, 3.63) is 42.6 Å². The molecule has 0 unspecified atom stereocenters. The van der Waals surface area contributed by atoms with E-state index < -0.39 is 0 Å². The zero-order valence-electron chi connectivity index (χ0n) is 9.31. The van der Waals surface area contributed by atoms with Gasteiger partial charge in [0.05, 0.1) is 14.2 Å². The second-order valence-corrected chi connectivity index (χ2v) is 3.29. The normalized spacial score (nSPS) is 9.88. The Morgan fingerprint density at radius 2 is 1.81 bits per heavy atom. The molecule has 0 atom stereocenters. The van der Waals surface area contributed by atoms with Gasteiger partial charge >= 0.3 is 0 Å². The van der Waals surface area contributed by atoms with E-state index in [0.29, 0.717) is 5.88 Å². The summed E-state index contributed by atoms with van der Waals surface area (Å²) in [7, 11) is 3.27. The largest absolute Gasteiger partial charge is 0.496 e. The number of aromatic nitrogens is 1. The number of hydrogen-bond acceptors (Lipinski definition) is 3. The fourth-order valence-corrected chi connectivity index (χ4v) is 1.57. The van der Waals surface area contributed by atoms with Gasteiger partial charge in [-0.05, 0) is 17.7 Å². The van der Waals surface area contributed by atoms with Gasteiger partial charge in [-0.15, -0.1) is 0 Å². The molecule has 16 heavy (non-hydrogen) atoms. The molecule has 2 aromatic rings. The van der Waals surface area contributed by atoms with Crippen LogP contribution in [0, 0.1) is 0 Å². The van der Waals surface area contributed by atoms with E-state index in [1.165, 1.54) is 0 Å². The van der Waals surface area contributed by atoms with Crippen molar-refractivity contribution in [3.8, 4) is 22.8 Å². The summed E-state index contributed by atoms with van der Waals surface area (Å²) < 4.78 is 10.4. The van der Waals surface area contributed by atoms with Gasteiger partial charge in [0.2, 0.25) is 5.88 Å². The molecule has 2 rings (SSSR count). The maximum Gasteiger partial charge on any atom is 0.213 e. The Balaban J connectivity index is 2.49. The Morgan fingerprint density at radius 1 is 1.00 bits per heavy atom. The van der Waals surface area contributed by atoms with E-state index in [1.807, 2.05) is 36.4 Å². The van der Waals surface area contributed by atoms with Crippen molar-refractivity contribution >= 4 is 0 Å². The molecule has 0 saturated heterocycles. The van der Waals surface area contributed by atoms with Crippen LogP contribution < -0.4 is 9.47 Å². The molecule has 0 aliphatic carbocycles. The van der Waals surface area contributed by atoms with Crippen LogP contribution in [0.25, 0.3) is 11.1 Å². The molecule has 3 heteroatoms. The SMILES string of the molecule is COc1cc(-c2ccccc2OC)ccn1. The lowest BCUT2D eigenvalue weighted by Gasteiger charge is -2.08. The average molecular weight is 215 g/mol. The molecule has 1 aromatic carbocycles. The van der Waals surface area contributed by atoms with Crippen LogP contribution in [0.15, 0.2) is 42.6 Å². The summed E-state index contributed by atoms with van der Waals surface area (Å²) in [5, 5.41) is 0. The number of methoxy groups -OCH3 is 2. The number of benzene rings is 1. The predicted molar refractivity (Wildman–Crippen MR) is 62.8 cm³/mol. The number of pyridine rings is 1. The highest BCUT2D eigenvalue weighted by Gasteiger charge is 2.05. The summed E-state index contributed by atoms with van der Waals surface area (Å²) in [6.45, 7) is 0. The van der Waals surface area contributed by atoms with Crippen LogP contribution in [0.5, 0.6) is 11.6 Å². The molecule has 1 aromatic heterocycles. The minimum Gasteiger partial charge on any atom is -0.496 e. The van der Waals surface area contributed by atoms with Crippen molar-refractivity contribution in [2.24, 2.45) is 0 Å². The van der Waals surface area contributed by atoms with Crippen molar-refractivity contribution in [2.45, 2.75) is 0 Å². The second-order valence-electron chi connectivity index (χ2n) is 3.29.